The van der Waals surface area contributed by atoms with E-state index in [9.17, 15) is 5.11 Å². The highest BCUT2D eigenvalue weighted by molar-refractivity contribution is 7.99. The van der Waals surface area contributed by atoms with Crippen molar-refractivity contribution in [1.82, 2.24) is 0 Å². The minimum atomic E-state index is -0.383. The van der Waals surface area contributed by atoms with E-state index in [1.165, 1.54) is 16.1 Å². The van der Waals surface area contributed by atoms with Gasteiger partial charge in [-0.3, -0.25) is 0 Å². The van der Waals surface area contributed by atoms with E-state index in [-0.39, 0.29) is 6.23 Å². The number of nitrogens with zero attached hydrogens (tertiary/aromatic N) is 1. The SMILES string of the molecule is CCc1ccc2c(c1)N(CCCOC)C(O)CS2. The molecule has 0 aromatic heterocycles. The molecule has 1 N–H and O–H groups in total. The number of aliphatic hydroxyl groups excluding tert-OH is 1. The van der Waals surface area contributed by atoms with Gasteiger partial charge in [0.25, 0.3) is 0 Å². The third-order valence-electron chi connectivity index (χ3n) is 3.24. The molecule has 1 aliphatic heterocycles. The van der Waals surface area contributed by atoms with Crippen molar-refractivity contribution in [3.63, 3.8) is 0 Å². The van der Waals surface area contributed by atoms with Crippen LogP contribution in [0.2, 0.25) is 0 Å². The molecule has 1 aliphatic rings. The van der Waals surface area contributed by atoms with E-state index in [2.05, 4.69) is 30.0 Å². The molecule has 0 spiro atoms. The Balaban J connectivity index is 2.19. The van der Waals surface area contributed by atoms with E-state index < -0.39 is 0 Å². The quantitative estimate of drug-likeness (QED) is 0.831. The normalized spacial score (nSPS) is 18.8. The summed E-state index contributed by atoms with van der Waals surface area (Å²) in [7, 11) is 1.71. The van der Waals surface area contributed by atoms with Crippen molar-refractivity contribution in [2.45, 2.75) is 30.9 Å². The number of hydrogen-bond acceptors (Lipinski definition) is 4. The van der Waals surface area contributed by atoms with Crippen LogP contribution >= 0.6 is 11.8 Å². The van der Waals surface area contributed by atoms with Gasteiger partial charge in [0.1, 0.15) is 6.23 Å². The van der Waals surface area contributed by atoms with Crippen LogP contribution in [0.1, 0.15) is 18.9 Å². The lowest BCUT2D eigenvalue weighted by Gasteiger charge is -2.35. The van der Waals surface area contributed by atoms with E-state index in [1.807, 2.05) is 0 Å². The Bertz CT molecular complexity index is 397. The molecule has 0 aliphatic carbocycles. The molecule has 3 nitrogen and oxygen atoms in total. The summed E-state index contributed by atoms with van der Waals surface area (Å²) in [6.07, 6.45) is 1.58. The van der Waals surface area contributed by atoms with E-state index >= 15 is 0 Å². The van der Waals surface area contributed by atoms with Gasteiger partial charge in [-0.2, -0.15) is 0 Å². The number of anilines is 1. The van der Waals surface area contributed by atoms with Crippen molar-refractivity contribution >= 4 is 17.4 Å². The molecule has 2 rings (SSSR count). The van der Waals surface area contributed by atoms with Gasteiger partial charge in [0.05, 0.1) is 5.69 Å². The Kier molecular flexibility index (Phi) is 4.92. The van der Waals surface area contributed by atoms with Crippen molar-refractivity contribution in [3.8, 4) is 0 Å². The number of thioether (sulfide) groups is 1. The monoisotopic (exact) mass is 267 g/mol. The van der Waals surface area contributed by atoms with Crippen LogP contribution in [0.15, 0.2) is 23.1 Å². The minimum absolute atomic E-state index is 0.383. The maximum atomic E-state index is 10.1. The summed E-state index contributed by atoms with van der Waals surface area (Å²) in [4.78, 5) is 3.37. The van der Waals surface area contributed by atoms with Gasteiger partial charge in [0, 0.05) is 30.9 Å². The predicted octanol–water partition coefficient (Wildman–Crippen LogP) is 2.52. The molecule has 1 atom stereocenters. The molecule has 0 saturated carbocycles. The van der Waals surface area contributed by atoms with E-state index in [0.29, 0.717) is 0 Å². The van der Waals surface area contributed by atoms with Crippen LogP contribution in [-0.2, 0) is 11.2 Å². The summed E-state index contributed by atoms with van der Waals surface area (Å²) in [5.74, 6) is 0.742. The second kappa shape index (κ2) is 6.45. The third kappa shape index (κ3) is 2.99. The summed E-state index contributed by atoms with van der Waals surface area (Å²) in [6, 6.07) is 6.56. The molecule has 1 aromatic rings. The first-order chi connectivity index (χ1) is 8.76. The van der Waals surface area contributed by atoms with Gasteiger partial charge in [-0.25, -0.2) is 0 Å². The van der Waals surface area contributed by atoms with Gasteiger partial charge in [0.15, 0.2) is 0 Å². The average molecular weight is 267 g/mol. The molecule has 0 fully saturated rings. The van der Waals surface area contributed by atoms with E-state index in [0.717, 1.165) is 31.7 Å². The topological polar surface area (TPSA) is 32.7 Å². The van der Waals surface area contributed by atoms with Crippen molar-refractivity contribution in [1.29, 1.82) is 0 Å². The number of aliphatic hydroxyl groups is 1. The molecule has 0 bridgehead atoms. The highest BCUT2D eigenvalue weighted by atomic mass is 32.2. The number of methoxy groups -OCH3 is 1. The second-order valence-corrected chi connectivity index (χ2v) is 5.55. The molecular formula is C14H21NO2S. The summed E-state index contributed by atoms with van der Waals surface area (Å²) >= 11 is 1.74. The molecule has 0 radical (unpaired) electrons. The Hall–Kier alpha value is -0.710. The largest absolute Gasteiger partial charge is 0.385 e. The van der Waals surface area contributed by atoms with Crippen molar-refractivity contribution in [2.75, 3.05) is 30.9 Å². The van der Waals surface area contributed by atoms with E-state index in [1.54, 1.807) is 18.9 Å². The van der Waals surface area contributed by atoms with Crippen LogP contribution in [0.25, 0.3) is 0 Å². The van der Waals surface area contributed by atoms with Crippen molar-refractivity contribution < 1.29 is 9.84 Å². The molecule has 1 heterocycles. The van der Waals surface area contributed by atoms with Gasteiger partial charge in [0.2, 0.25) is 0 Å². The van der Waals surface area contributed by atoms with Crippen molar-refractivity contribution in [2.24, 2.45) is 0 Å². The highest BCUT2D eigenvalue weighted by Gasteiger charge is 2.24. The highest BCUT2D eigenvalue weighted by Crippen LogP contribution is 2.37. The van der Waals surface area contributed by atoms with Gasteiger partial charge in [-0.1, -0.05) is 13.0 Å². The number of benzene rings is 1. The maximum absolute atomic E-state index is 10.1. The van der Waals surface area contributed by atoms with Crippen molar-refractivity contribution in [3.05, 3.63) is 23.8 Å². The van der Waals surface area contributed by atoms with Gasteiger partial charge in [-0.05, 0) is 30.5 Å². The molecule has 4 heteroatoms. The first-order valence-corrected chi connectivity index (χ1v) is 7.44. The lowest BCUT2D eigenvalue weighted by atomic mass is 10.1. The summed E-state index contributed by atoms with van der Waals surface area (Å²) < 4.78 is 5.09. The Morgan fingerprint density at radius 1 is 1.50 bits per heavy atom. The first kappa shape index (κ1) is 13.7. The maximum Gasteiger partial charge on any atom is 0.136 e. The van der Waals surface area contributed by atoms with Gasteiger partial charge < -0.3 is 14.7 Å². The summed E-state index contributed by atoms with van der Waals surface area (Å²) in [5.41, 5.74) is 2.49. The Morgan fingerprint density at radius 3 is 3.06 bits per heavy atom. The summed E-state index contributed by atoms with van der Waals surface area (Å²) in [6.45, 7) is 3.73. The zero-order valence-electron chi connectivity index (χ0n) is 11.1. The molecule has 0 amide bonds. The average Bonchev–Trinajstić information content (AvgIpc) is 2.41. The zero-order chi connectivity index (χ0) is 13.0. The lowest BCUT2D eigenvalue weighted by molar-refractivity contribution is 0.172. The summed E-state index contributed by atoms with van der Waals surface area (Å²) in [5, 5.41) is 10.1. The zero-order valence-corrected chi connectivity index (χ0v) is 11.9. The van der Waals surface area contributed by atoms with Gasteiger partial charge >= 0.3 is 0 Å². The number of hydrogen-bond donors (Lipinski definition) is 1. The van der Waals surface area contributed by atoms with Crippen LogP contribution in [0.4, 0.5) is 5.69 Å². The van der Waals surface area contributed by atoms with E-state index in [4.69, 9.17) is 4.74 Å². The standard InChI is InChI=1S/C14H21NO2S/c1-3-11-5-6-13-12(9-11)15(7-4-8-17-2)14(16)10-18-13/h5-6,9,14,16H,3-4,7-8,10H2,1-2H3. The fourth-order valence-electron chi connectivity index (χ4n) is 2.19. The second-order valence-electron chi connectivity index (χ2n) is 4.49. The van der Waals surface area contributed by atoms with Crippen LogP contribution in [0.3, 0.4) is 0 Å². The molecule has 1 aromatic carbocycles. The molecular weight excluding hydrogens is 246 g/mol. The minimum Gasteiger partial charge on any atom is -0.385 e. The number of aryl methyl sites for hydroxylation is 1. The van der Waals surface area contributed by atoms with Crippen LogP contribution < -0.4 is 4.90 Å². The smallest absolute Gasteiger partial charge is 0.136 e. The molecule has 100 valence electrons. The van der Waals surface area contributed by atoms with Gasteiger partial charge in [-0.15, -0.1) is 11.8 Å². The predicted molar refractivity (Wildman–Crippen MR) is 76.4 cm³/mol. The van der Waals surface area contributed by atoms with Crippen LogP contribution in [-0.4, -0.2) is 37.3 Å². The first-order valence-electron chi connectivity index (χ1n) is 6.45. The number of rotatable bonds is 5. The molecule has 0 saturated heterocycles. The molecule has 18 heavy (non-hydrogen) atoms. The fourth-order valence-corrected chi connectivity index (χ4v) is 3.19. The Labute approximate surface area is 113 Å². The fraction of sp³-hybridized carbons (Fsp3) is 0.571. The van der Waals surface area contributed by atoms with Crippen LogP contribution in [0.5, 0.6) is 0 Å². The lowest BCUT2D eigenvalue weighted by Crippen LogP contribution is -2.40. The van der Waals surface area contributed by atoms with Crippen LogP contribution in [0, 0.1) is 0 Å². The molecule has 1 unspecified atom stereocenters. The number of ether oxygens (including phenoxy) is 1. The number of fused-ring (bicyclic) bond motifs is 1. The third-order valence-corrected chi connectivity index (χ3v) is 4.36. The Morgan fingerprint density at radius 2 is 2.33 bits per heavy atom.